The van der Waals surface area contributed by atoms with Gasteiger partial charge in [-0.15, -0.1) is 0 Å². The van der Waals surface area contributed by atoms with E-state index in [9.17, 15) is 14.7 Å². The van der Waals surface area contributed by atoms with E-state index in [4.69, 9.17) is 4.74 Å². The van der Waals surface area contributed by atoms with Crippen molar-refractivity contribution in [1.29, 1.82) is 0 Å². The number of carboxylic acids is 1. The van der Waals surface area contributed by atoms with E-state index in [0.29, 0.717) is 17.1 Å². The van der Waals surface area contributed by atoms with E-state index >= 15 is 0 Å². The number of amides is 1. The van der Waals surface area contributed by atoms with Gasteiger partial charge in [-0.25, -0.2) is 4.79 Å². The number of nitrogens with zero attached hydrogens (tertiary/aromatic N) is 1. The van der Waals surface area contributed by atoms with Crippen LogP contribution in [0.5, 0.6) is 5.75 Å². The summed E-state index contributed by atoms with van der Waals surface area (Å²) >= 11 is 1.43. The van der Waals surface area contributed by atoms with Gasteiger partial charge in [-0.05, 0) is 17.7 Å². The summed E-state index contributed by atoms with van der Waals surface area (Å²) in [7, 11) is 1.58. The van der Waals surface area contributed by atoms with Crippen molar-refractivity contribution in [2.24, 2.45) is 0 Å². The largest absolute Gasteiger partial charge is 0.497 e. The number of benzene rings is 1. The number of methoxy groups -OCH3 is 1. The van der Waals surface area contributed by atoms with Crippen LogP contribution in [0.4, 0.5) is 0 Å². The first kappa shape index (κ1) is 12.1. The number of fused-ring (bicyclic) bond motifs is 1. The molecule has 98 valence electrons. The first-order valence-electron chi connectivity index (χ1n) is 5.72. The van der Waals surface area contributed by atoms with E-state index in [-0.39, 0.29) is 17.0 Å². The summed E-state index contributed by atoms with van der Waals surface area (Å²) in [6.45, 7) is 0. The summed E-state index contributed by atoms with van der Waals surface area (Å²) in [5.74, 6) is -0.476. The Bertz CT molecular complexity index is 593. The second kappa shape index (κ2) is 4.31. The quantitative estimate of drug-likeness (QED) is 0.853. The average molecular weight is 277 g/mol. The van der Waals surface area contributed by atoms with Crippen molar-refractivity contribution < 1.29 is 19.4 Å². The molecule has 1 atom stereocenters. The van der Waals surface area contributed by atoms with Crippen LogP contribution >= 0.6 is 11.8 Å². The first-order valence-corrected chi connectivity index (χ1v) is 6.60. The Balaban J connectivity index is 2.03. The fourth-order valence-electron chi connectivity index (χ4n) is 2.20. The Hall–Kier alpha value is -1.95. The Morgan fingerprint density at radius 2 is 2.11 bits per heavy atom. The van der Waals surface area contributed by atoms with Gasteiger partial charge in [0, 0.05) is 4.91 Å². The Morgan fingerprint density at radius 3 is 2.63 bits per heavy atom. The number of thioether (sulfide) groups is 1. The van der Waals surface area contributed by atoms with Gasteiger partial charge in [0.2, 0.25) is 5.91 Å². The normalized spacial score (nSPS) is 21.2. The summed E-state index contributed by atoms with van der Waals surface area (Å²) in [5, 5.41) is 9.24. The Morgan fingerprint density at radius 1 is 1.42 bits per heavy atom. The van der Waals surface area contributed by atoms with Crippen molar-refractivity contribution in [2.75, 3.05) is 7.11 Å². The highest BCUT2D eigenvalue weighted by molar-refractivity contribution is 8.09. The lowest BCUT2D eigenvalue weighted by Gasteiger charge is -2.33. The third-order valence-electron chi connectivity index (χ3n) is 3.17. The molecular formula is C13H11NO4S. The zero-order chi connectivity index (χ0) is 13.6. The number of carboxylic acid groups (broad SMARTS) is 1. The molecule has 1 N–H and O–H groups in total. The predicted molar refractivity (Wildman–Crippen MR) is 70.4 cm³/mol. The minimum absolute atomic E-state index is 0.0595. The van der Waals surface area contributed by atoms with Crippen LogP contribution in [0.15, 0.2) is 30.0 Å². The third-order valence-corrected chi connectivity index (χ3v) is 4.48. The van der Waals surface area contributed by atoms with Gasteiger partial charge in [-0.2, -0.15) is 0 Å². The smallest absolute Gasteiger partial charge is 0.353 e. The molecule has 2 heterocycles. The summed E-state index contributed by atoms with van der Waals surface area (Å²) in [5.41, 5.74) is 0.891. The van der Waals surface area contributed by atoms with Crippen LogP contribution in [-0.4, -0.2) is 34.4 Å². The van der Waals surface area contributed by atoms with Crippen molar-refractivity contribution >= 4 is 28.5 Å². The minimum Gasteiger partial charge on any atom is -0.497 e. The molecule has 1 fully saturated rings. The van der Waals surface area contributed by atoms with Gasteiger partial charge in [0.15, 0.2) is 0 Å². The molecule has 1 aromatic rings. The lowest BCUT2D eigenvalue weighted by atomic mass is 10.1. The molecule has 0 spiro atoms. The summed E-state index contributed by atoms with van der Waals surface area (Å²) in [6, 6.07) is 7.17. The number of carbonyl (C=O) groups is 2. The van der Waals surface area contributed by atoms with Gasteiger partial charge in [-0.3, -0.25) is 9.69 Å². The maximum Gasteiger partial charge on any atom is 0.353 e. The molecule has 0 aromatic heterocycles. The number of hydrogen-bond acceptors (Lipinski definition) is 4. The van der Waals surface area contributed by atoms with Crippen LogP contribution in [0.3, 0.4) is 0 Å². The maximum absolute atomic E-state index is 11.5. The zero-order valence-electron chi connectivity index (χ0n) is 10.1. The molecule has 1 aromatic carbocycles. The van der Waals surface area contributed by atoms with Gasteiger partial charge in [-0.1, -0.05) is 23.9 Å². The molecule has 5 nitrogen and oxygen atoms in total. The number of carbonyl (C=O) groups excluding carboxylic acids is 1. The molecule has 3 rings (SSSR count). The van der Waals surface area contributed by atoms with E-state index in [1.165, 1.54) is 16.7 Å². The molecular weight excluding hydrogens is 266 g/mol. The first-order chi connectivity index (χ1) is 9.11. The molecule has 0 saturated carbocycles. The molecule has 0 aliphatic carbocycles. The lowest BCUT2D eigenvalue weighted by molar-refractivity contribution is -0.145. The standard InChI is InChI=1S/C13H11NO4S/c1-18-8-4-2-7(3-5-8)12-11(13(16)17)14-9(15)6-10(14)19-12/h2-5,10H,6H2,1H3,(H,16,17). The highest BCUT2D eigenvalue weighted by Crippen LogP contribution is 2.50. The van der Waals surface area contributed by atoms with Crippen LogP contribution in [0.1, 0.15) is 12.0 Å². The van der Waals surface area contributed by atoms with Gasteiger partial charge in [0.25, 0.3) is 0 Å². The zero-order valence-corrected chi connectivity index (χ0v) is 10.9. The molecule has 2 aliphatic rings. The van der Waals surface area contributed by atoms with E-state index in [1.807, 2.05) is 0 Å². The number of aliphatic carboxylic acids is 1. The molecule has 1 amide bonds. The topological polar surface area (TPSA) is 66.8 Å². The molecule has 1 unspecified atom stereocenters. The lowest BCUT2D eigenvalue weighted by Crippen LogP contribution is -2.48. The van der Waals surface area contributed by atoms with Crippen molar-refractivity contribution in [3.05, 3.63) is 35.5 Å². The third kappa shape index (κ3) is 1.79. The van der Waals surface area contributed by atoms with Gasteiger partial charge in [0.1, 0.15) is 11.4 Å². The van der Waals surface area contributed by atoms with Gasteiger partial charge >= 0.3 is 5.97 Å². The molecule has 19 heavy (non-hydrogen) atoms. The summed E-state index contributed by atoms with van der Waals surface area (Å²) in [6.07, 6.45) is 0.404. The molecule has 0 bridgehead atoms. The average Bonchev–Trinajstić information content (AvgIpc) is 2.72. The fourth-order valence-corrected chi connectivity index (χ4v) is 3.59. The van der Waals surface area contributed by atoms with E-state index in [1.54, 1.807) is 31.4 Å². The predicted octanol–water partition coefficient (Wildman–Crippen LogP) is 1.75. The Kier molecular flexibility index (Phi) is 2.74. The number of β-lactam (4-membered cyclic amide) rings is 1. The Labute approximate surface area is 113 Å². The van der Waals surface area contributed by atoms with Crippen molar-refractivity contribution in [2.45, 2.75) is 11.8 Å². The van der Waals surface area contributed by atoms with Crippen LogP contribution < -0.4 is 4.74 Å². The van der Waals surface area contributed by atoms with Crippen LogP contribution in [0.25, 0.3) is 4.91 Å². The molecule has 0 radical (unpaired) electrons. The SMILES string of the molecule is COc1ccc(C2=C(C(=O)O)N3C(=O)CC3S2)cc1. The van der Waals surface area contributed by atoms with Crippen molar-refractivity contribution in [1.82, 2.24) is 4.90 Å². The van der Waals surface area contributed by atoms with Gasteiger partial charge < -0.3 is 9.84 Å². The highest BCUT2D eigenvalue weighted by atomic mass is 32.2. The minimum atomic E-state index is -1.06. The summed E-state index contributed by atoms with van der Waals surface area (Å²) in [4.78, 5) is 24.9. The van der Waals surface area contributed by atoms with Crippen molar-refractivity contribution in [3.63, 3.8) is 0 Å². The van der Waals surface area contributed by atoms with Crippen LogP contribution in [0.2, 0.25) is 0 Å². The second-order valence-electron chi connectivity index (χ2n) is 4.25. The fraction of sp³-hybridized carbons (Fsp3) is 0.231. The number of ether oxygens (including phenoxy) is 1. The van der Waals surface area contributed by atoms with E-state index in [0.717, 1.165) is 5.56 Å². The number of hydrogen-bond donors (Lipinski definition) is 1. The molecule has 6 heteroatoms. The van der Waals surface area contributed by atoms with E-state index in [2.05, 4.69) is 0 Å². The monoisotopic (exact) mass is 277 g/mol. The number of rotatable bonds is 3. The second-order valence-corrected chi connectivity index (χ2v) is 5.44. The van der Waals surface area contributed by atoms with Crippen molar-refractivity contribution in [3.8, 4) is 5.75 Å². The van der Waals surface area contributed by atoms with Crippen LogP contribution in [-0.2, 0) is 9.59 Å². The summed E-state index contributed by atoms with van der Waals surface area (Å²) < 4.78 is 5.07. The molecule has 2 aliphatic heterocycles. The van der Waals surface area contributed by atoms with Gasteiger partial charge in [0.05, 0.1) is 18.9 Å². The molecule has 1 saturated heterocycles. The van der Waals surface area contributed by atoms with E-state index < -0.39 is 5.97 Å². The highest BCUT2D eigenvalue weighted by Gasteiger charge is 2.48. The van der Waals surface area contributed by atoms with Crippen LogP contribution in [0, 0.1) is 0 Å². The maximum atomic E-state index is 11.5.